The Hall–Kier alpha value is -6.17. The Bertz CT molecular complexity index is 3020. The van der Waals surface area contributed by atoms with Crippen LogP contribution in [0.25, 0.3) is 22.1 Å². The topological polar surface area (TPSA) is 237 Å². The molecule has 2 aliphatic heterocycles. The zero-order valence-electron chi connectivity index (χ0n) is 41.0. The first-order chi connectivity index (χ1) is 33.3. The molecule has 6 aromatic heterocycles. The van der Waals surface area contributed by atoms with Gasteiger partial charge in [0.05, 0.1) is 34.6 Å². The van der Waals surface area contributed by atoms with Crippen molar-refractivity contribution in [2.45, 2.75) is 101 Å². The molecule has 0 radical (unpaired) electrons. The number of anilines is 5. The number of hydrogen-bond acceptors (Lipinski definition) is 17. The molecule has 0 amide bonds. The van der Waals surface area contributed by atoms with Gasteiger partial charge in [-0.1, -0.05) is 33.1 Å². The van der Waals surface area contributed by atoms with E-state index in [1.165, 1.54) is 24.9 Å². The van der Waals surface area contributed by atoms with Gasteiger partial charge >= 0.3 is 0 Å². The average molecular weight is 1040 g/mol. The number of hydrogen-bond donors (Lipinski definition) is 2. The van der Waals surface area contributed by atoms with Crippen LogP contribution in [0, 0.1) is 22.7 Å². The summed E-state index contributed by atoms with van der Waals surface area (Å²) in [4.78, 5) is 61.0. The molecule has 2 aliphatic carbocycles. The maximum absolute atomic E-state index is 12.9. The summed E-state index contributed by atoms with van der Waals surface area (Å²) in [5.74, 6) is 2.40. The van der Waals surface area contributed by atoms with E-state index >= 15 is 0 Å². The van der Waals surface area contributed by atoms with E-state index in [9.17, 15) is 19.1 Å². The standard InChI is InChI=1S/C24H28N8O.C14H14N4O2S.C11H18N4.CH4.2H2S/c1-30(2)20-9-10-31(15-20)21-8-7-18(14-26-21)28-24-27-13-17-11-16(12-25)23(33)32(22(17)29-24)19-5-3-4-6-19;1-21(20)14-16-8-10-6-9(7-15)13(19)18(12(10)17-14)11-4-2-3-5-11;1-14(2)10-5-6-15(8-10)11-4-3-9(12)7-13-11;;;/h7-8,11,13-14,19-20H,3-6,9-10,15H2,1-2H3,(H,27,28,29);6,8,11H,2-5H2,1H3;3-4,7,10H,5-6,8,12H2,1-2H3;1H4;2*1H2/t20-;;10-;;;/m0.0.../s1. The van der Waals surface area contributed by atoms with Crippen LogP contribution in [0.4, 0.5) is 29.0 Å². The van der Waals surface area contributed by atoms with Crippen LogP contribution in [-0.4, -0.2) is 126 Å². The van der Waals surface area contributed by atoms with Crippen LogP contribution in [0.3, 0.4) is 0 Å². The summed E-state index contributed by atoms with van der Waals surface area (Å²) in [5, 5.41) is 23.3. The molecule has 8 heterocycles. The molecule has 2 saturated heterocycles. The molecule has 10 rings (SSSR count). The number of nitriles is 2. The third-order valence-electron chi connectivity index (χ3n) is 13.6. The molecular weight excluding hydrogens is 969 g/mol. The fraction of sp³-hybridized carbons (Fsp3) is 0.480. The second-order valence-corrected chi connectivity index (χ2v) is 19.9. The number of pyridine rings is 4. The smallest absolute Gasteiger partial charge is 0.270 e. The van der Waals surface area contributed by atoms with Gasteiger partial charge in [-0.05, 0) is 103 Å². The van der Waals surface area contributed by atoms with Crippen molar-refractivity contribution in [3.63, 3.8) is 0 Å². The Labute approximate surface area is 437 Å². The van der Waals surface area contributed by atoms with Gasteiger partial charge in [0.25, 0.3) is 11.1 Å². The van der Waals surface area contributed by atoms with Crippen molar-refractivity contribution >= 4 is 88.8 Å². The number of aromatic nitrogens is 8. The Morgan fingerprint density at radius 1 is 0.667 bits per heavy atom. The first-order valence-electron chi connectivity index (χ1n) is 23.6. The van der Waals surface area contributed by atoms with Crippen LogP contribution < -0.4 is 32.0 Å². The van der Waals surface area contributed by atoms with Crippen LogP contribution in [-0.2, 0) is 10.8 Å². The Kier molecular flexibility index (Phi) is 20.1. The summed E-state index contributed by atoms with van der Waals surface area (Å²) in [6.07, 6.45) is 18.5. The van der Waals surface area contributed by atoms with Crippen LogP contribution in [0.2, 0.25) is 0 Å². The van der Waals surface area contributed by atoms with Crippen LogP contribution in [0.1, 0.15) is 94.8 Å². The van der Waals surface area contributed by atoms with E-state index in [0.29, 0.717) is 40.1 Å². The highest BCUT2D eigenvalue weighted by atomic mass is 32.2. The predicted octanol–water partition coefficient (Wildman–Crippen LogP) is 6.24. The molecular formula is C50H68N16O3S3. The van der Waals surface area contributed by atoms with Crippen molar-refractivity contribution < 1.29 is 4.21 Å². The fourth-order valence-electron chi connectivity index (χ4n) is 9.69. The Morgan fingerprint density at radius 3 is 1.56 bits per heavy atom. The van der Waals surface area contributed by atoms with E-state index in [2.05, 4.69) is 83.0 Å². The molecule has 0 bridgehead atoms. The number of nitrogens with two attached hydrogens (primary N) is 1. The van der Waals surface area contributed by atoms with Crippen LogP contribution in [0.15, 0.2) is 75.9 Å². The minimum atomic E-state index is -1.31. The van der Waals surface area contributed by atoms with Crippen molar-refractivity contribution in [1.82, 2.24) is 48.8 Å². The van der Waals surface area contributed by atoms with Crippen molar-refractivity contribution in [2.24, 2.45) is 0 Å². The van der Waals surface area contributed by atoms with Crippen molar-refractivity contribution in [3.05, 3.63) is 93.0 Å². The van der Waals surface area contributed by atoms with Gasteiger partial charge in [0.15, 0.2) is 0 Å². The molecule has 4 fully saturated rings. The van der Waals surface area contributed by atoms with Gasteiger partial charge in [-0.15, -0.1) is 0 Å². The monoisotopic (exact) mass is 1040 g/mol. The van der Waals surface area contributed by atoms with Crippen molar-refractivity contribution in [1.29, 1.82) is 10.5 Å². The van der Waals surface area contributed by atoms with E-state index in [0.717, 1.165) is 107 Å². The molecule has 0 spiro atoms. The number of fused-ring (bicyclic) bond motifs is 2. The normalized spacial score (nSPS) is 18.0. The van der Waals surface area contributed by atoms with E-state index in [-0.39, 0.29) is 73.9 Å². The Balaban J connectivity index is 0.000000213. The summed E-state index contributed by atoms with van der Waals surface area (Å²) in [6.45, 7) is 4.12. The maximum Gasteiger partial charge on any atom is 0.270 e. The lowest BCUT2D eigenvalue weighted by atomic mass is 10.2. The first kappa shape index (κ1) is 56.7. The minimum Gasteiger partial charge on any atom is -0.397 e. The molecule has 0 aromatic carbocycles. The van der Waals surface area contributed by atoms with E-state index in [1.54, 1.807) is 33.8 Å². The van der Waals surface area contributed by atoms with Gasteiger partial charge in [-0.3, -0.25) is 22.9 Å². The maximum atomic E-state index is 12.9. The summed E-state index contributed by atoms with van der Waals surface area (Å²) in [5.41, 5.74) is 7.82. The Morgan fingerprint density at radius 2 is 1.14 bits per heavy atom. The largest absolute Gasteiger partial charge is 0.397 e. The molecule has 3 N–H and O–H groups in total. The third kappa shape index (κ3) is 12.9. The summed E-state index contributed by atoms with van der Waals surface area (Å²) in [7, 11) is 7.18. The molecule has 4 aliphatic rings. The number of rotatable bonds is 9. The second kappa shape index (κ2) is 25.5. The van der Waals surface area contributed by atoms with Gasteiger partial charge in [-0.25, -0.2) is 24.9 Å². The van der Waals surface area contributed by atoms with Crippen LogP contribution in [0.5, 0.6) is 0 Å². The molecule has 1 unspecified atom stereocenters. The fourth-order valence-corrected chi connectivity index (χ4v) is 10.1. The number of likely N-dealkylation sites (N-methyl/N-ethyl adjacent to an activating group) is 2. The lowest BCUT2D eigenvalue weighted by molar-refractivity contribution is 0.315. The van der Waals surface area contributed by atoms with Gasteiger partial charge < -0.3 is 30.7 Å². The number of nitrogen functional groups attached to an aromatic ring is 1. The van der Waals surface area contributed by atoms with Gasteiger partial charge in [0.1, 0.15) is 46.2 Å². The molecule has 22 heteroatoms. The summed E-state index contributed by atoms with van der Waals surface area (Å²) < 4.78 is 14.9. The number of nitrogens with one attached hydrogen (secondary N) is 1. The minimum absolute atomic E-state index is 0. The zero-order valence-corrected chi connectivity index (χ0v) is 43.8. The van der Waals surface area contributed by atoms with Crippen molar-refractivity contribution in [3.8, 4) is 12.1 Å². The van der Waals surface area contributed by atoms with Crippen LogP contribution >= 0.6 is 27.0 Å². The average Bonchev–Trinajstić information content (AvgIpc) is 4.21. The lowest BCUT2D eigenvalue weighted by Gasteiger charge is -2.21. The molecule has 3 atom stereocenters. The van der Waals surface area contributed by atoms with Gasteiger partial charge in [-0.2, -0.15) is 42.5 Å². The van der Waals surface area contributed by atoms with Gasteiger partial charge in [0.2, 0.25) is 11.1 Å². The molecule has 384 valence electrons. The lowest BCUT2D eigenvalue weighted by Crippen LogP contribution is -2.31. The second-order valence-electron chi connectivity index (χ2n) is 18.6. The molecule has 2 saturated carbocycles. The quantitative estimate of drug-likeness (QED) is 0.152. The van der Waals surface area contributed by atoms with Gasteiger partial charge in [0, 0.05) is 79.8 Å². The highest BCUT2D eigenvalue weighted by Crippen LogP contribution is 2.32. The summed E-state index contributed by atoms with van der Waals surface area (Å²) >= 11 is 0. The molecule has 6 aromatic rings. The first-order valence-corrected chi connectivity index (χ1v) is 25.1. The van der Waals surface area contributed by atoms with Crippen molar-refractivity contribution in [2.75, 3.05) is 81.5 Å². The van der Waals surface area contributed by atoms with E-state index < -0.39 is 10.8 Å². The van der Waals surface area contributed by atoms with E-state index in [4.69, 9.17) is 11.0 Å². The third-order valence-corrected chi connectivity index (χ3v) is 14.3. The summed E-state index contributed by atoms with van der Waals surface area (Å²) in [6, 6.07) is 16.3. The highest BCUT2D eigenvalue weighted by molar-refractivity contribution is 7.84. The zero-order chi connectivity index (χ0) is 48.8. The molecule has 72 heavy (non-hydrogen) atoms. The number of nitrogens with zero attached hydrogens (tertiary/aromatic N) is 14. The SMILES string of the molecule is C.CN(C)[C@H]1CCN(c2ccc(N)cn2)C1.CN(C)[C@H]1CCN(c2ccc(Nc3ncc4cc(C#N)c(=O)n(C5CCCC5)c4n3)cn2)C1.CS(=O)c1ncc2cc(C#N)c(=O)n(C3CCCC3)c2n1.S.S. The highest BCUT2D eigenvalue weighted by Gasteiger charge is 2.27. The van der Waals surface area contributed by atoms with E-state index in [1.807, 2.05) is 36.4 Å². The molecule has 19 nitrogen and oxygen atoms in total. The predicted molar refractivity (Wildman–Crippen MR) is 297 cm³/mol.